The number of hydrogen-bond acceptors (Lipinski definition) is 5. The molecule has 36 heavy (non-hydrogen) atoms. The highest BCUT2D eigenvalue weighted by Gasteiger charge is 2.37. The Morgan fingerprint density at radius 2 is 1.75 bits per heavy atom. The third-order valence-electron chi connectivity index (χ3n) is 6.10. The molecule has 2 N–H and O–H groups in total. The van der Waals surface area contributed by atoms with E-state index in [1.165, 1.54) is 5.56 Å². The molecule has 2 heterocycles. The van der Waals surface area contributed by atoms with E-state index in [1.807, 2.05) is 65.1 Å². The van der Waals surface area contributed by atoms with E-state index in [4.69, 9.17) is 0 Å². The molecule has 1 saturated heterocycles. The molecule has 196 valence electrons. The topological polar surface area (TPSA) is 73.1 Å². The molecule has 0 amide bonds. The van der Waals surface area contributed by atoms with Gasteiger partial charge in [0, 0.05) is 41.6 Å². The van der Waals surface area contributed by atoms with Gasteiger partial charge >= 0.3 is 0 Å². The molecule has 3 rings (SSSR count). The highest BCUT2D eigenvalue weighted by atomic mass is 15.1. The van der Waals surface area contributed by atoms with E-state index in [1.54, 1.807) is 7.05 Å². The highest BCUT2D eigenvalue weighted by molar-refractivity contribution is 6.20. The quantitative estimate of drug-likeness (QED) is 0.479. The Morgan fingerprint density at radius 3 is 2.19 bits per heavy atom. The monoisotopic (exact) mass is 489 g/mol. The first-order valence-electron chi connectivity index (χ1n) is 12.9. The average Bonchev–Trinajstić information content (AvgIpc) is 2.79. The second-order valence-corrected chi connectivity index (χ2v) is 10.7. The lowest BCUT2D eigenvalue weighted by Crippen LogP contribution is -2.61. The number of pyridine rings is 1. The maximum atomic E-state index is 9.30. The zero-order valence-corrected chi connectivity index (χ0v) is 24.4. The minimum absolute atomic E-state index is 0.217. The van der Waals surface area contributed by atoms with Crippen LogP contribution in [0.25, 0.3) is 5.57 Å². The number of nitriles is 1. The minimum Gasteiger partial charge on any atom is -0.386 e. The van der Waals surface area contributed by atoms with Crippen LogP contribution < -0.4 is 10.6 Å². The van der Waals surface area contributed by atoms with Crippen molar-refractivity contribution in [1.82, 2.24) is 15.6 Å². The summed E-state index contributed by atoms with van der Waals surface area (Å²) in [7, 11) is 1.71. The van der Waals surface area contributed by atoms with Crippen LogP contribution in [0.3, 0.4) is 0 Å². The maximum absolute atomic E-state index is 9.30. The normalized spacial score (nSPS) is 20.6. The van der Waals surface area contributed by atoms with Crippen LogP contribution in [0.2, 0.25) is 0 Å². The van der Waals surface area contributed by atoms with E-state index >= 15 is 0 Å². The number of rotatable bonds is 3. The van der Waals surface area contributed by atoms with Crippen molar-refractivity contribution in [3.63, 3.8) is 0 Å². The molecule has 5 nitrogen and oxygen atoms in total. The van der Waals surface area contributed by atoms with Gasteiger partial charge in [0.25, 0.3) is 0 Å². The molecule has 1 aliphatic heterocycles. The van der Waals surface area contributed by atoms with Gasteiger partial charge in [0.1, 0.15) is 6.07 Å². The van der Waals surface area contributed by atoms with Crippen LogP contribution in [-0.4, -0.2) is 34.9 Å². The summed E-state index contributed by atoms with van der Waals surface area (Å²) >= 11 is 0. The molecule has 1 aromatic rings. The molecule has 0 aromatic carbocycles. The van der Waals surface area contributed by atoms with Gasteiger partial charge in [-0.2, -0.15) is 5.26 Å². The predicted molar refractivity (Wildman–Crippen MR) is 156 cm³/mol. The van der Waals surface area contributed by atoms with Gasteiger partial charge in [-0.15, -0.1) is 0 Å². The summed E-state index contributed by atoms with van der Waals surface area (Å²) in [5, 5.41) is 16.4. The first-order valence-corrected chi connectivity index (χ1v) is 12.9. The molecular weight excluding hydrogens is 442 g/mol. The van der Waals surface area contributed by atoms with Crippen LogP contribution in [0.5, 0.6) is 0 Å². The van der Waals surface area contributed by atoms with Gasteiger partial charge < -0.3 is 10.6 Å². The molecule has 0 unspecified atom stereocenters. The summed E-state index contributed by atoms with van der Waals surface area (Å²) in [6.45, 7) is 25.1. The molecule has 1 fully saturated rings. The zero-order valence-electron chi connectivity index (χ0n) is 24.4. The number of aliphatic imine (C=N–C) groups is 1. The molecule has 1 aliphatic carbocycles. The first kappa shape index (κ1) is 31.1. The van der Waals surface area contributed by atoms with Gasteiger partial charge in [-0.1, -0.05) is 26.5 Å². The average molecular weight is 490 g/mol. The van der Waals surface area contributed by atoms with Gasteiger partial charge in [0.2, 0.25) is 0 Å². The molecule has 0 spiro atoms. The van der Waals surface area contributed by atoms with Crippen molar-refractivity contribution in [2.24, 2.45) is 4.99 Å². The number of aromatic nitrogens is 1. The third kappa shape index (κ3) is 8.91. The first-order chi connectivity index (χ1) is 16.8. The van der Waals surface area contributed by atoms with Gasteiger partial charge in [-0.25, -0.2) is 0 Å². The van der Waals surface area contributed by atoms with Crippen LogP contribution in [0, 0.1) is 25.2 Å². The van der Waals surface area contributed by atoms with Gasteiger partial charge in [0.05, 0.1) is 17.0 Å². The Kier molecular flexibility index (Phi) is 11.5. The van der Waals surface area contributed by atoms with E-state index in [9.17, 15) is 5.26 Å². The highest BCUT2D eigenvalue weighted by Crippen LogP contribution is 2.29. The van der Waals surface area contributed by atoms with E-state index in [-0.39, 0.29) is 11.1 Å². The van der Waals surface area contributed by atoms with Crippen molar-refractivity contribution in [2.75, 3.05) is 7.05 Å². The van der Waals surface area contributed by atoms with Crippen LogP contribution in [0.4, 0.5) is 0 Å². The van der Waals surface area contributed by atoms with Gasteiger partial charge in [-0.05, 0) is 103 Å². The zero-order chi connectivity index (χ0) is 27.7. The lowest BCUT2D eigenvalue weighted by molar-refractivity contribution is 0.151. The van der Waals surface area contributed by atoms with Crippen molar-refractivity contribution in [3.05, 3.63) is 70.7 Å². The lowest BCUT2D eigenvalue weighted by atomic mass is 9.79. The van der Waals surface area contributed by atoms with Crippen LogP contribution in [0.15, 0.2) is 58.9 Å². The molecule has 1 aromatic heterocycles. The van der Waals surface area contributed by atoms with E-state index < -0.39 is 0 Å². The maximum Gasteiger partial charge on any atom is 0.101 e. The Morgan fingerprint density at radius 1 is 1.17 bits per heavy atom. The Balaban J connectivity index is 0.000000356. The summed E-state index contributed by atoms with van der Waals surface area (Å²) in [4.78, 5) is 8.67. The third-order valence-corrected chi connectivity index (χ3v) is 6.10. The Labute approximate surface area is 220 Å². The number of nitrogens with one attached hydrogen (secondary N) is 2. The minimum atomic E-state index is 0.217. The van der Waals surface area contributed by atoms with Crippen molar-refractivity contribution < 1.29 is 0 Å². The molecule has 0 saturated carbocycles. The Bertz CT molecular complexity index is 1070. The molecule has 0 atom stereocenters. The number of aryl methyl sites for hydroxylation is 2. The summed E-state index contributed by atoms with van der Waals surface area (Å²) in [5.41, 5.74) is 7.98. The van der Waals surface area contributed by atoms with E-state index in [0.717, 1.165) is 46.7 Å². The second kappa shape index (κ2) is 13.4. The fourth-order valence-electron chi connectivity index (χ4n) is 4.91. The fraction of sp³-hybridized carbons (Fsp3) is 0.516. The van der Waals surface area contributed by atoms with Gasteiger partial charge in [-0.3, -0.25) is 9.98 Å². The number of allylic oxidation sites excluding steroid dienone is 7. The van der Waals surface area contributed by atoms with Crippen molar-refractivity contribution in [1.29, 1.82) is 5.26 Å². The smallest absolute Gasteiger partial charge is 0.101 e. The van der Waals surface area contributed by atoms with E-state index in [0.29, 0.717) is 11.6 Å². The van der Waals surface area contributed by atoms with Crippen LogP contribution in [-0.2, 0) is 0 Å². The number of piperidine rings is 1. The van der Waals surface area contributed by atoms with Crippen molar-refractivity contribution in [2.45, 2.75) is 99.2 Å². The lowest BCUT2D eigenvalue weighted by Gasteiger charge is -2.47. The van der Waals surface area contributed by atoms with Crippen LogP contribution >= 0.6 is 0 Å². The van der Waals surface area contributed by atoms with Crippen molar-refractivity contribution >= 4 is 11.3 Å². The molecule has 2 aliphatic rings. The summed E-state index contributed by atoms with van der Waals surface area (Å²) in [6, 6.07) is 4.82. The van der Waals surface area contributed by atoms with Gasteiger partial charge in [0.15, 0.2) is 0 Å². The SMILES string of the molecule is C/C=C1/C=C(c2cc(C)c(C)cn2)C=C(C#N)C1=NC.C=C(C)NC1CC(C)(C)NC(C)(C)C1.CC. The molecular formula is C31H47N5. The standard InChI is InChI=1S/C17H17N3.C12H24N2.C2H6/c1-5-13-7-14(8-15(9-18)17(13)19-4)16-6-11(2)12(3)10-20-16;1-9(2)13-10-7-11(3,4)14-12(5,6)8-10;1-2/h5-8,10H,1-4H3;10,13-14H,1,7-8H2,2-6H3;1-2H3/b13-5-,19-17?;;. The second-order valence-electron chi connectivity index (χ2n) is 10.7. The molecule has 0 bridgehead atoms. The largest absolute Gasteiger partial charge is 0.386 e. The predicted octanol–water partition coefficient (Wildman–Crippen LogP) is 7.01. The summed E-state index contributed by atoms with van der Waals surface area (Å²) in [5.74, 6) is 0. The number of nitrogens with zero attached hydrogens (tertiary/aromatic N) is 3. The summed E-state index contributed by atoms with van der Waals surface area (Å²) < 4.78 is 0. The number of hydrogen-bond donors (Lipinski definition) is 2. The Hall–Kier alpha value is -2.97. The van der Waals surface area contributed by atoms with E-state index in [2.05, 4.69) is 67.9 Å². The fourth-order valence-corrected chi connectivity index (χ4v) is 4.91. The molecule has 0 radical (unpaired) electrons. The van der Waals surface area contributed by atoms with Crippen LogP contribution in [0.1, 0.15) is 85.1 Å². The summed E-state index contributed by atoms with van der Waals surface area (Å²) in [6.07, 6.45) is 10.0. The molecule has 5 heteroatoms. The van der Waals surface area contributed by atoms with Crippen molar-refractivity contribution in [3.8, 4) is 6.07 Å².